The number of anilines is 1. The van der Waals surface area contributed by atoms with Crippen molar-refractivity contribution in [3.05, 3.63) is 125 Å². The molecule has 1 fully saturated rings. The van der Waals surface area contributed by atoms with E-state index >= 15 is 0 Å². The molecule has 2 atom stereocenters. The van der Waals surface area contributed by atoms with Gasteiger partial charge < -0.3 is 14.6 Å². The van der Waals surface area contributed by atoms with E-state index in [1.165, 1.54) is 23.1 Å². The van der Waals surface area contributed by atoms with E-state index in [1.807, 2.05) is 37.3 Å². The molecule has 0 aliphatic carbocycles. The number of halogens is 1. The Labute approximate surface area is 250 Å². The molecule has 7 nitrogen and oxygen atoms in total. The van der Waals surface area contributed by atoms with Crippen LogP contribution < -0.4 is 14.4 Å². The van der Waals surface area contributed by atoms with Crippen LogP contribution in [0.3, 0.4) is 0 Å². The third-order valence-corrected chi connectivity index (χ3v) is 8.60. The number of benzene rings is 4. The first-order valence-corrected chi connectivity index (χ1v) is 14.6. The lowest BCUT2D eigenvalue weighted by molar-refractivity contribution is -0.132. The van der Waals surface area contributed by atoms with Gasteiger partial charge in [-0.15, -0.1) is 0 Å². The second-order valence-electron chi connectivity index (χ2n) is 10.6. The van der Waals surface area contributed by atoms with Crippen molar-refractivity contribution < 1.29 is 28.6 Å². The van der Waals surface area contributed by atoms with Gasteiger partial charge in [-0.1, -0.05) is 53.8 Å². The number of aromatic nitrogens is 1. The van der Waals surface area contributed by atoms with Gasteiger partial charge in [0.2, 0.25) is 0 Å². The average molecular weight is 593 g/mol. The third-order valence-electron chi connectivity index (χ3n) is 7.58. The van der Waals surface area contributed by atoms with Crippen molar-refractivity contribution in [1.82, 2.24) is 4.98 Å². The number of thiazole rings is 1. The highest BCUT2D eigenvalue weighted by atomic mass is 32.1. The van der Waals surface area contributed by atoms with E-state index in [-0.39, 0.29) is 22.6 Å². The number of fused-ring (bicyclic) bond motifs is 2. The summed E-state index contributed by atoms with van der Waals surface area (Å²) in [6, 6.07) is 25.2. The molecular weight excluding hydrogens is 567 g/mol. The Kier molecular flexibility index (Phi) is 6.66. The first-order valence-electron chi connectivity index (χ1n) is 13.8. The second-order valence-corrected chi connectivity index (χ2v) is 11.6. The predicted molar refractivity (Wildman–Crippen MR) is 162 cm³/mol. The maximum Gasteiger partial charge on any atom is 0.301 e. The van der Waals surface area contributed by atoms with Crippen LogP contribution in [-0.2, 0) is 22.6 Å². The van der Waals surface area contributed by atoms with E-state index in [1.54, 1.807) is 42.5 Å². The predicted octanol–water partition coefficient (Wildman–Crippen LogP) is 6.96. The first kappa shape index (κ1) is 26.9. The SMILES string of the molecule is C[C@@H]1Cc2cc(C(O)=C3C(=O)C(=O)N(c4nc5ccc(F)cc5s4)[C@@H]3c3cccc(OCc4ccccc4)c3)ccc2O1. The standard InChI is InChI=1S/C34H25FN2O5S/c1-19-14-23-15-22(10-13-27(23)42-19)31(38)29-30(21-8-5-9-25(16-21)41-18-20-6-3-2-4-7-20)37(33(40)32(29)39)34-36-26-12-11-24(35)17-28(26)43-34/h2-13,15-17,19,30,38H,14,18H2,1H3/t19-,30-/m1/s1. The summed E-state index contributed by atoms with van der Waals surface area (Å²) in [5.41, 5.74) is 3.27. The lowest BCUT2D eigenvalue weighted by Gasteiger charge is -2.23. The number of ether oxygens (including phenoxy) is 2. The van der Waals surface area contributed by atoms with Crippen molar-refractivity contribution in [2.24, 2.45) is 0 Å². The van der Waals surface area contributed by atoms with Crippen LogP contribution in [-0.4, -0.2) is 27.9 Å². The van der Waals surface area contributed by atoms with Gasteiger partial charge in [-0.25, -0.2) is 9.37 Å². The summed E-state index contributed by atoms with van der Waals surface area (Å²) in [5.74, 6) is -1.14. The quantitative estimate of drug-likeness (QED) is 0.130. The number of hydrogen-bond donors (Lipinski definition) is 1. The summed E-state index contributed by atoms with van der Waals surface area (Å²) < 4.78 is 26.4. The van der Waals surface area contributed by atoms with Gasteiger partial charge in [0.1, 0.15) is 35.8 Å². The highest BCUT2D eigenvalue weighted by molar-refractivity contribution is 7.22. The Bertz CT molecular complexity index is 1940. The van der Waals surface area contributed by atoms with Crippen LogP contribution in [0.4, 0.5) is 9.52 Å². The number of nitrogens with zero attached hydrogens (tertiary/aromatic N) is 2. The number of Topliss-reactive ketones (excluding diaryl/α,β-unsaturated/α-hetero) is 1. The third kappa shape index (κ3) is 4.91. The topological polar surface area (TPSA) is 89.0 Å². The van der Waals surface area contributed by atoms with E-state index in [0.717, 1.165) is 28.2 Å². The molecule has 9 heteroatoms. The van der Waals surface area contributed by atoms with E-state index in [0.29, 0.717) is 40.1 Å². The zero-order chi connectivity index (χ0) is 29.7. The number of hydrogen-bond acceptors (Lipinski definition) is 7. The van der Waals surface area contributed by atoms with Crippen molar-refractivity contribution in [3.8, 4) is 11.5 Å². The van der Waals surface area contributed by atoms with E-state index in [2.05, 4.69) is 4.98 Å². The average Bonchev–Trinajstić information content (AvgIpc) is 3.68. The van der Waals surface area contributed by atoms with Crippen molar-refractivity contribution in [1.29, 1.82) is 0 Å². The molecule has 0 unspecified atom stereocenters. The molecule has 1 amide bonds. The molecule has 43 heavy (non-hydrogen) atoms. The molecule has 0 spiro atoms. The van der Waals surface area contributed by atoms with Crippen LogP contribution in [0.5, 0.6) is 11.5 Å². The molecule has 2 aliphatic rings. The minimum Gasteiger partial charge on any atom is -0.507 e. The fourth-order valence-electron chi connectivity index (χ4n) is 5.57. The number of amides is 1. The lowest BCUT2D eigenvalue weighted by Crippen LogP contribution is -2.29. The largest absolute Gasteiger partial charge is 0.507 e. The summed E-state index contributed by atoms with van der Waals surface area (Å²) in [7, 11) is 0. The van der Waals surface area contributed by atoms with Gasteiger partial charge >= 0.3 is 5.91 Å². The fraction of sp³-hybridized carbons (Fsp3) is 0.147. The minimum absolute atomic E-state index is 0.000439. The summed E-state index contributed by atoms with van der Waals surface area (Å²) in [5, 5.41) is 11.9. The van der Waals surface area contributed by atoms with Crippen molar-refractivity contribution in [2.45, 2.75) is 32.1 Å². The number of rotatable bonds is 6. The van der Waals surface area contributed by atoms with Gasteiger partial charge in [-0.2, -0.15) is 0 Å². The fourth-order valence-corrected chi connectivity index (χ4v) is 6.59. The van der Waals surface area contributed by atoms with Gasteiger partial charge in [-0.3, -0.25) is 14.5 Å². The number of carbonyl (C=O) groups excluding carboxylic acids is 2. The van der Waals surface area contributed by atoms with Crippen LogP contribution in [0.25, 0.3) is 16.0 Å². The molecule has 0 radical (unpaired) electrons. The van der Waals surface area contributed by atoms with Crippen molar-refractivity contribution in [2.75, 3.05) is 4.90 Å². The van der Waals surface area contributed by atoms with Crippen LogP contribution in [0.1, 0.15) is 35.2 Å². The van der Waals surface area contributed by atoms with E-state index in [4.69, 9.17) is 9.47 Å². The number of carbonyl (C=O) groups is 2. The minimum atomic E-state index is -1.01. The van der Waals surface area contributed by atoms with Gasteiger partial charge in [0.25, 0.3) is 5.78 Å². The van der Waals surface area contributed by atoms with Crippen molar-refractivity contribution >= 4 is 44.1 Å². The summed E-state index contributed by atoms with van der Waals surface area (Å²) >= 11 is 1.10. The Morgan fingerprint density at radius 3 is 2.72 bits per heavy atom. The number of ketones is 1. The van der Waals surface area contributed by atoms with Crippen molar-refractivity contribution in [3.63, 3.8) is 0 Å². The Balaban J connectivity index is 1.35. The maximum absolute atomic E-state index is 14.0. The number of aliphatic hydroxyl groups is 1. The molecular formula is C34H25FN2O5S. The van der Waals surface area contributed by atoms with E-state index < -0.39 is 23.5 Å². The summed E-state index contributed by atoms with van der Waals surface area (Å²) in [4.78, 5) is 33.2. The Morgan fingerprint density at radius 2 is 1.88 bits per heavy atom. The second kappa shape index (κ2) is 10.7. The zero-order valence-corrected chi connectivity index (χ0v) is 23.8. The Morgan fingerprint density at radius 1 is 1.05 bits per heavy atom. The van der Waals surface area contributed by atoms with Crippen LogP contribution >= 0.6 is 11.3 Å². The Hall–Kier alpha value is -5.02. The molecule has 214 valence electrons. The van der Waals surface area contributed by atoms with Gasteiger partial charge in [0.15, 0.2) is 5.13 Å². The normalized spacial score (nSPS) is 19.1. The maximum atomic E-state index is 14.0. The molecule has 1 saturated heterocycles. The first-order chi connectivity index (χ1) is 20.9. The van der Waals surface area contributed by atoms with Crippen LogP contribution in [0.15, 0.2) is 96.6 Å². The molecule has 0 saturated carbocycles. The van der Waals surface area contributed by atoms with Crippen LogP contribution in [0, 0.1) is 5.82 Å². The van der Waals surface area contributed by atoms with E-state index in [9.17, 15) is 19.1 Å². The van der Waals surface area contributed by atoms with Gasteiger partial charge in [0, 0.05) is 12.0 Å². The highest BCUT2D eigenvalue weighted by Gasteiger charge is 2.48. The molecule has 2 aliphatic heterocycles. The molecule has 3 heterocycles. The molecule has 1 N–H and O–H groups in total. The highest BCUT2D eigenvalue weighted by Crippen LogP contribution is 2.45. The van der Waals surface area contributed by atoms with Gasteiger partial charge in [0.05, 0.1) is 21.8 Å². The molecule has 1 aromatic heterocycles. The smallest absolute Gasteiger partial charge is 0.301 e. The number of aliphatic hydroxyl groups excluding tert-OH is 1. The monoisotopic (exact) mass is 592 g/mol. The zero-order valence-electron chi connectivity index (χ0n) is 23.0. The van der Waals surface area contributed by atoms with Gasteiger partial charge in [-0.05, 0) is 72.1 Å². The molecule has 5 aromatic rings. The molecule has 4 aromatic carbocycles. The summed E-state index contributed by atoms with van der Waals surface area (Å²) in [6.45, 7) is 2.28. The van der Waals surface area contributed by atoms with Crippen LogP contribution in [0.2, 0.25) is 0 Å². The summed E-state index contributed by atoms with van der Waals surface area (Å²) in [6.07, 6.45) is 0.664. The molecule has 7 rings (SSSR count). The lowest BCUT2D eigenvalue weighted by atomic mass is 9.94. The molecule has 0 bridgehead atoms.